The molecule has 34 heavy (non-hydrogen) atoms. The highest BCUT2D eigenvalue weighted by Gasteiger charge is 2.52. The van der Waals surface area contributed by atoms with Crippen LogP contribution in [0.4, 0.5) is 0 Å². The van der Waals surface area contributed by atoms with Crippen LogP contribution in [0, 0.1) is 0 Å². The SMILES string of the molecule is O=C1OC2(NCCC(c3ccc(Cl)cc3)c3ccc(-c4cccnn4)cc32)OC(=O)C(O)C1O. The number of nitrogens with zero attached hydrogens (tertiary/aromatic N) is 2. The molecule has 10 heteroatoms. The molecule has 0 saturated carbocycles. The Labute approximate surface area is 199 Å². The first kappa shape index (κ1) is 22.4. The van der Waals surface area contributed by atoms with E-state index in [4.69, 9.17) is 21.1 Å². The molecule has 2 aliphatic heterocycles. The minimum atomic E-state index is -2.07. The number of aromatic nitrogens is 2. The van der Waals surface area contributed by atoms with Crippen molar-refractivity contribution in [3.8, 4) is 11.3 Å². The van der Waals surface area contributed by atoms with E-state index in [0.29, 0.717) is 28.3 Å². The van der Waals surface area contributed by atoms with Crippen LogP contribution in [-0.2, 0) is 25.0 Å². The third kappa shape index (κ3) is 3.92. The number of rotatable bonds is 2. The average Bonchev–Trinajstić information content (AvgIpc) is 3.05. The van der Waals surface area contributed by atoms with Gasteiger partial charge in [-0.3, -0.25) is 0 Å². The van der Waals surface area contributed by atoms with Crippen molar-refractivity contribution in [2.75, 3.05) is 6.54 Å². The topological polar surface area (TPSA) is 131 Å². The average molecular weight is 482 g/mol. The standard InChI is InChI=1S/C24H20ClN3O6/c25-15-6-3-13(4-7-15)16-9-11-26-24(33-22(31)20(29)21(30)23(32)34-24)18-12-14(5-8-17(16)18)19-2-1-10-27-28-19/h1-8,10,12,16,20-21,26,29-30H,9,11H2. The Bertz CT molecular complexity index is 1220. The molecule has 3 atom stereocenters. The number of fused-ring (bicyclic) bond motifs is 2. The number of aliphatic hydroxyl groups is 2. The van der Waals surface area contributed by atoms with E-state index in [1.165, 1.54) is 0 Å². The molecular formula is C24H20ClN3O6. The molecule has 0 radical (unpaired) electrons. The molecule has 3 unspecified atom stereocenters. The lowest BCUT2D eigenvalue weighted by molar-refractivity contribution is -0.243. The fourth-order valence-electron chi connectivity index (χ4n) is 4.30. The number of halogens is 1. The van der Waals surface area contributed by atoms with Crippen LogP contribution < -0.4 is 5.32 Å². The zero-order valence-corrected chi connectivity index (χ0v) is 18.5. The Morgan fingerprint density at radius 3 is 2.35 bits per heavy atom. The summed E-state index contributed by atoms with van der Waals surface area (Å²) < 4.78 is 11.1. The lowest BCUT2D eigenvalue weighted by Crippen LogP contribution is -2.49. The van der Waals surface area contributed by atoms with E-state index in [-0.39, 0.29) is 12.5 Å². The Hall–Kier alpha value is -3.37. The van der Waals surface area contributed by atoms with Crippen molar-refractivity contribution in [2.45, 2.75) is 30.5 Å². The fraction of sp³-hybridized carbons (Fsp3) is 0.250. The van der Waals surface area contributed by atoms with Crippen molar-refractivity contribution in [3.05, 3.63) is 82.5 Å². The van der Waals surface area contributed by atoms with Crippen LogP contribution in [0.2, 0.25) is 5.02 Å². The predicted molar refractivity (Wildman–Crippen MR) is 119 cm³/mol. The van der Waals surface area contributed by atoms with Crippen molar-refractivity contribution in [2.24, 2.45) is 0 Å². The fourth-order valence-corrected chi connectivity index (χ4v) is 4.42. The van der Waals surface area contributed by atoms with Crippen LogP contribution in [-0.4, -0.2) is 51.1 Å². The van der Waals surface area contributed by atoms with Crippen LogP contribution in [0.5, 0.6) is 0 Å². The molecule has 1 aromatic heterocycles. The number of nitrogens with one attached hydrogen (secondary N) is 1. The summed E-state index contributed by atoms with van der Waals surface area (Å²) in [5, 5.41) is 31.7. The highest BCUT2D eigenvalue weighted by Crippen LogP contribution is 2.42. The minimum absolute atomic E-state index is 0.162. The molecule has 1 saturated heterocycles. The van der Waals surface area contributed by atoms with Crippen molar-refractivity contribution >= 4 is 23.5 Å². The normalized spacial score (nSPS) is 26.7. The molecule has 9 nitrogen and oxygen atoms in total. The number of hydrogen-bond donors (Lipinski definition) is 3. The highest BCUT2D eigenvalue weighted by atomic mass is 35.5. The van der Waals surface area contributed by atoms with Crippen LogP contribution in [0.25, 0.3) is 11.3 Å². The third-order valence-corrected chi connectivity index (χ3v) is 6.24. The molecule has 174 valence electrons. The van der Waals surface area contributed by atoms with Gasteiger partial charge in [0.25, 0.3) is 0 Å². The summed E-state index contributed by atoms with van der Waals surface area (Å²) >= 11 is 6.08. The molecular weight excluding hydrogens is 462 g/mol. The van der Waals surface area contributed by atoms with Gasteiger partial charge in [-0.25, -0.2) is 14.9 Å². The van der Waals surface area contributed by atoms with Gasteiger partial charge >= 0.3 is 17.8 Å². The molecule has 2 aliphatic rings. The summed E-state index contributed by atoms with van der Waals surface area (Å²) in [6.45, 7) is 0.287. The number of carbonyl (C=O) groups excluding carboxylic acids is 2. The number of esters is 2. The molecule has 0 aliphatic carbocycles. The van der Waals surface area contributed by atoms with Crippen molar-refractivity contribution in [1.82, 2.24) is 15.5 Å². The smallest absolute Gasteiger partial charge is 0.346 e. The Morgan fingerprint density at radius 1 is 1.00 bits per heavy atom. The van der Waals surface area contributed by atoms with Crippen molar-refractivity contribution in [1.29, 1.82) is 0 Å². The first-order chi connectivity index (χ1) is 16.4. The maximum atomic E-state index is 12.6. The summed E-state index contributed by atoms with van der Waals surface area (Å²) in [6.07, 6.45) is -2.03. The largest absolute Gasteiger partial charge is 0.402 e. The second kappa shape index (κ2) is 8.77. The van der Waals surface area contributed by atoms with Gasteiger partial charge in [-0.05, 0) is 47.9 Å². The molecule has 2 aromatic carbocycles. The van der Waals surface area contributed by atoms with Gasteiger partial charge in [0.1, 0.15) is 0 Å². The van der Waals surface area contributed by atoms with E-state index in [0.717, 1.165) is 11.1 Å². The molecule has 0 bridgehead atoms. The maximum Gasteiger partial charge on any atom is 0.346 e. The molecule has 3 N–H and O–H groups in total. The predicted octanol–water partition coefficient (Wildman–Crippen LogP) is 1.85. The van der Waals surface area contributed by atoms with Gasteiger partial charge in [0.15, 0.2) is 12.2 Å². The third-order valence-electron chi connectivity index (χ3n) is 5.99. The van der Waals surface area contributed by atoms with E-state index in [1.54, 1.807) is 36.5 Å². The first-order valence-electron chi connectivity index (χ1n) is 10.6. The number of ether oxygens (including phenoxy) is 2. The summed E-state index contributed by atoms with van der Waals surface area (Å²) in [7, 11) is 0. The summed E-state index contributed by atoms with van der Waals surface area (Å²) in [4.78, 5) is 25.1. The summed E-state index contributed by atoms with van der Waals surface area (Å²) in [6, 6.07) is 16.3. The Balaban J connectivity index is 1.71. The van der Waals surface area contributed by atoms with Crippen molar-refractivity contribution < 1.29 is 29.3 Å². The number of hydrogen-bond acceptors (Lipinski definition) is 9. The molecule has 1 spiro atoms. The van der Waals surface area contributed by atoms with Gasteiger partial charge < -0.3 is 19.7 Å². The molecule has 0 amide bonds. The van der Waals surface area contributed by atoms with Crippen molar-refractivity contribution in [3.63, 3.8) is 0 Å². The van der Waals surface area contributed by atoms with E-state index in [2.05, 4.69) is 15.5 Å². The van der Waals surface area contributed by atoms with Crippen LogP contribution >= 0.6 is 11.6 Å². The minimum Gasteiger partial charge on any atom is -0.402 e. The zero-order valence-electron chi connectivity index (χ0n) is 17.7. The van der Waals surface area contributed by atoms with E-state index < -0.39 is 30.1 Å². The quantitative estimate of drug-likeness (QED) is 0.469. The Morgan fingerprint density at radius 2 is 1.71 bits per heavy atom. The van der Waals surface area contributed by atoms with Gasteiger partial charge in [0.2, 0.25) is 0 Å². The number of aliphatic hydroxyl groups excluding tert-OH is 2. The van der Waals surface area contributed by atoms with Gasteiger partial charge in [-0.1, -0.05) is 35.9 Å². The van der Waals surface area contributed by atoms with Gasteiger partial charge in [-0.15, -0.1) is 0 Å². The second-order valence-corrected chi connectivity index (χ2v) is 8.52. The van der Waals surface area contributed by atoms with E-state index in [9.17, 15) is 19.8 Å². The lowest BCUT2D eigenvalue weighted by atomic mass is 9.85. The summed E-state index contributed by atoms with van der Waals surface area (Å²) in [5.41, 5.74) is 3.23. The van der Waals surface area contributed by atoms with E-state index in [1.807, 2.05) is 24.3 Å². The zero-order chi connectivity index (χ0) is 23.9. The first-order valence-corrected chi connectivity index (χ1v) is 11.0. The highest BCUT2D eigenvalue weighted by molar-refractivity contribution is 6.30. The van der Waals surface area contributed by atoms with Gasteiger partial charge in [0.05, 0.1) is 11.3 Å². The maximum absolute atomic E-state index is 12.6. The van der Waals surface area contributed by atoms with Crippen LogP contribution in [0.1, 0.15) is 29.0 Å². The molecule has 5 rings (SSSR count). The van der Waals surface area contributed by atoms with Crippen LogP contribution in [0.3, 0.4) is 0 Å². The Kier molecular flexibility index (Phi) is 5.78. The lowest BCUT2D eigenvalue weighted by Gasteiger charge is -2.32. The van der Waals surface area contributed by atoms with Gasteiger partial charge in [-0.2, -0.15) is 10.2 Å². The van der Waals surface area contributed by atoms with Crippen LogP contribution in [0.15, 0.2) is 60.8 Å². The monoisotopic (exact) mass is 481 g/mol. The molecule has 3 aromatic rings. The second-order valence-electron chi connectivity index (χ2n) is 8.08. The summed E-state index contributed by atoms with van der Waals surface area (Å²) in [5.74, 6) is -4.59. The number of benzene rings is 2. The number of carbonyl (C=O) groups is 2. The molecule has 1 fully saturated rings. The van der Waals surface area contributed by atoms with Gasteiger partial charge in [0, 0.05) is 29.2 Å². The molecule has 3 heterocycles. The van der Waals surface area contributed by atoms with E-state index >= 15 is 0 Å².